The lowest BCUT2D eigenvalue weighted by Gasteiger charge is -2.07. The van der Waals surface area contributed by atoms with Gasteiger partial charge in [-0.2, -0.15) is 5.10 Å². The Morgan fingerprint density at radius 3 is 2.45 bits per heavy atom. The van der Waals surface area contributed by atoms with Gasteiger partial charge in [0.05, 0.1) is 18.9 Å². The third-order valence-electron chi connectivity index (χ3n) is 3.94. The first-order valence-electron chi connectivity index (χ1n) is 8.80. The predicted molar refractivity (Wildman–Crippen MR) is 108 cm³/mol. The number of nitrogens with one attached hydrogen (secondary N) is 1. The first-order chi connectivity index (χ1) is 14.2. The zero-order chi connectivity index (χ0) is 20.5. The molecule has 1 heterocycles. The van der Waals surface area contributed by atoms with E-state index in [-0.39, 0.29) is 11.9 Å². The van der Waals surface area contributed by atoms with E-state index in [4.69, 9.17) is 4.74 Å². The molecule has 0 saturated carbocycles. The van der Waals surface area contributed by atoms with Crippen LogP contribution in [0.4, 0.5) is 0 Å². The van der Waals surface area contributed by atoms with Crippen molar-refractivity contribution in [3.8, 4) is 5.75 Å². The summed E-state index contributed by atoms with van der Waals surface area (Å²) in [5.74, 6) is -0.0531. The number of hydrazone groups is 1. The lowest BCUT2D eigenvalue weighted by molar-refractivity contribution is 0.0600. The van der Waals surface area contributed by atoms with Crippen molar-refractivity contribution in [3.05, 3.63) is 95.3 Å². The van der Waals surface area contributed by atoms with Gasteiger partial charge in [0.25, 0.3) is 5.91 Å². The van der Waals surface area contributed by atoms with Crippen LogP contribution in [0.1, 0.15) is 32.0 Å². The van der Waals surface area contributed by atoms with E-state index in [0.717, 1.165) is 11.1 Å². The first kappa shape index (κ1) is 19.8. The van der Waals surface area contributed by atoms with Crippen molar-refractivity contribution in [3.63, 3.8) is 0 Å². The molecular weight excluding hydrogens is 370 g/mol. The molecule has 0 spiro atoms. The molecule has 1 aromatic heterocycles. The van der Waals surface area contributed by atoms with Gasteiger partial charge in [0.2, 0.25) is 0 Å². The molecule has 3 rings (SSSR count). The molecule has 1 amide bonds. The van der Waals surface area contributed by atoms with Crippen molar-refractivity contribution < 1.29 is 19.1 Å². The van der Waals surface area contributed by atoms with Gasteiger partial charge in [0, 0.05) is 6.20 Å². The number of pyridine rings is 1. The smallest absolute Gasteiger partial charge is 0.337 e. The Balaban J connectivity index is 1.49. The van der Waals surface area contributed by atoms with Gasteiger partial charge in [0.15, 0.2) is 0 Å². The fourth-order valence-corrected chi connectivity index (χ4v) is 2.39. The van der Waals surface area contributed by atoms with Crippen LogP contribution in [-0.2, 0) is 11.3 Å². The van der Waals surface area contributed by atoms with Crippen LogP contribution in [0, 0.1) is 0 Å². The molecule has 0 atom stereocenters. The minimum absolute atomic E-state index is 0.299. The molecule has 0 unspecified atom stereocenters. The molecule has 0 saturated heterocycles. The molecule has 0 aliphatic carbocycles. The molecule has 0 bridgehead atoms. The minimum Gasteiger partial charge on any atom is -0.489 e. The molecule has 0 radical (unpaired) electrons. The van der Waals surface area contributed by atoms with Crippen LogP contribution in [-0.4, -0.2) is 30.2 Å². The maximum absolute atomic E-state index is 11.9. The van der Waals surface area contributed by atoms with Crippen LogP contribution in [0.25, 0.3) is 0 Å². The van der Waals surface area contributed by atoms with Gasteiger partial charge in [-0.1, -0.05) is 18.2 Å². The average molecular weight is 389 g/mol. The van der Waals surface area contributed by atoms with Gasteiger partial charge in [0.1, 0.15) is 18.1 Å². The molecule has 29 heavy (non-hydrogen) atoms. The van der Waals surface area contributed by atoms with E-state index in [1.807, 2.05) is 36.4 Å². The van der Waals surface area contributed by atoms with Gasteiger partial charge < -0.3 is 9.47 Å². The Morgan fingerprint density at radius 2 is 1.79 bits per heavy atom. The third kappa shape index (κ3) is 5.74. The van der Waals surface area contributed by atoms with E-state index < -0.39 is 0 Å². The van der Waals surface area contributed by atoms with Crippen molar-refractivity contribution in [2.75, 3.05) is 7.11 Å². The van der Waals surface area contributed by atoms with Gasteiger partial charge >= 0.3 is 5.97 Å². The Bertz CT molecular complexity index is 985. The maximum Gasteiger partial charge on any atom is 0.337 e. The summed E-state index contributed by atoms with van der Waals surface area (Å²) < 4.78 is 10.4. The number of hydrogen-bond acceptors (Lipinski definition) is 6. The SMILES string of the molecule is COC(=O)c1ccc(COc2ccc(/C=N\NC(=O)c3ccccn3)cc2)cc1. The molecule has 146 valence electrons. The van der Waals surface area contributed by atoms with Crippen molar-refractivity contribution in [1.29, 1.82) is 0 Å². The number of rotatable bonds is 7. The minimum atomic E-state index is -0.375. The van der Waals surface area contributed by atoms with Crippen molar-refractivity contribution in [2.24, 2.45) is 5.10 Å². The monoisotopic (exact) mass is 389 g/mol. The zero-order valence-electron chi connectivity index (χ0n) is 15.7. The fraction of sp³-hybridized carbons (Fsp3) is 0.0909. The molecular formula is C22H19N3O4. The quantitative estimate of drug-likeness (QED) is 0.381. The number of amides is 1. The number of esters is 1. The molecule has 0 fully saturated rings. The number of hydrogen-bond donors (Lipinski definition) is 1. The molecule has 2 aromatic carbocycles. The highest BCUT2D eigenvalue weighted by Gasteiger charge is 2.05. The highest BCUT2D eigenvalue weighted by Crippen LogP contribution is 2.14. The molecule has 3 aromatic rings. The second kappa shape index (κ2) is 9.80. The lowest BCUT2D eigenvalue weighted by atomic mass is 10.1. The van der Waals surface area contributed by atoms with E-state index in [0.29, 0.717) is 23.6 Å². The summed E-state index contributed by atoms with van der Waals surface area (Å²) in [5.41, 5.74) is 4.96. The molecule has 7 heteroatoms. The summed E-state index contributed by atoms with van der Waals surface area (Å²) >= 11 is 0. The van der Waals surface area contributed by atoms with Crippen LogP contribution in [0.2, 0.25) is 0 Å². The highest BCUT2D eigenvalue weighted by molar-refractivity contribution is 5.93. The first-order valence-corrected chi connectivity index (χ1v) is 8.80. The van der Waals surface area contributed by atoms with Crippen LogP contribution in [0.5, 0.6) is 5.75 Å². The molecule has 7 nitrogen and oxygen atoms in total. The molecule has 0 aliphatic rings. The molecule has 1 N–H and O–H groups in total. The predicted octanol–water partition coefficient (Wildman–Crippen LogP) is 3.21. The van der Waals surface area contributed by atoms with Gasteiger partial charge in [-0.3, -0.25) is 9.78 Å². The second-order valence-corrected chi connectivity index (χ2v) is 5.96. The number of nitrogens with zero attached hydrogens (tertiary/aromatic N) is 2. The average Bonchev–Trinajstić information content (AvgIpc) is 2.79. The Kier molecular flexibility index (Phi) is 6.67. The number of carbonyl (C=O) groups excluding carboxylic acids is 2. The number of aromatic nitrogens is 1. The van der Waals surface area contributed by atoms with Crippen LogP contribution < -0.4 is 10.2 Å². The van der Waals surface area contributed by atoms with Crippen LogP contribution in [0.15, 0.2) is 78.0 Å². The largest absolute Gasteiger partial charge is 0.489 e. The zero-order valence-corrected chi connectivity index (χ0v) is 15.7. The normalized spacial score (nSPS) is 10.5. The van der Waals surface area contributed by atoms with E-state index in [9.17, 15) is 9.59 Å². The van der Waals surface area contributed by atoms with Crippen molar-refractivity contribution in [1.82, 2.24) is 10.4 Å². The summed E-state index contributed by atoms with van der Waals surface area (Å²) in [4.78, 5) is 27.2. The van der Waals surface area contributed by atoms with Gasteiger partial charge in [-0.05, 0) is 59.7 Å². The van der Waals surface area contributed by atoms with E-state index in [1.54, 1.807) is 36.5 Å². The summed E-state index contributed by atoms with van der Waals surface area (Å²) in [7, 11) is 1.35. The fourth-order valence-electron chi connectivity index (χ4n) is 2.39. The topological polar surface area (TPSA) is 89.9 Å². The van der Waals surface area contributed by atoms with E-state index >= 15 is 0 Å². The van der Waals surface area contributed by atoms with Crippen LogP contribution >= 0.6 is 0 Å². The van der Waals surface area contributed by atoms with Crippen molar-refractivity contribution in [2.45, 2.75) is 6.61 Å². The van der Waals surface area contributed by atoms with Gasteiger partial charge in [-0.15, -0.1) is 0 Å². The summed E-state index contributed by atoms with van der Waals surface area (Å²) in [5, 5.41) is 3.93. The van der Waals surface area contributed by atoms with E-state index in [1.165, 1.54) is 13.3 Å². The second-order valence-electron chi connectivity index (χ2n) is 5.96. The number of carbonyl (C=O) groups is 2. The number of ether oxygens (including phenoxy) is 2. The Labute approximate surface area is 168 Å². The molecule has 0 aliphatic heterocycles. The third-order valence-corrected chi connectivity index (χ3v) is 3.94. The van der Waals surface area contributed by atoms with Gasteiger partial charge in [-0.25, -0.2) is 10.2 Å². The standard InChI is InChI=1S/C22H19N3O4/c1-28-22(27)18-9-5-17(6-10-18)15-29-19-11-7-16(8-12-19)14-24-25-21(26)20-4-2-3-13-23-20/h2-14H,15H2,1H3,(H,25,26)/b24-14-. The Morgan fingerprint density at radius 1 is 1.03 bits per heavy atom. The summed E-state index contributed by atoms with van der Waals surface area (Å²) in [6, 6.07) is 19.4. The maximum atomic E-state index is 11.9. The van der Waals surface area contributed by atoms with Crippen LogP contribution in [0.3, 0.4) is 0 Å². The summed E-state index contributed by atoms with van der Waals surface area (Å²) in [6.07, 6.45) is 3.08. The number of methoxy groups -OCH3 is 1. The number of benzene rings is 2. The highest BCUT2D eigenvalue weighted by atomic mass is 16.5. The summed E-state index contributed by atoms with van der Waals surface area (Å²) in [6.45, 7) is 0.370. The van der Waals surface area contributed by atoms with E-state index in [2.05, 4.69) is 20.2 Å². The van der Waals surface area contributed by atoms with Crippen molar-refractivity contribution >= 4 is 18.1 Å². The Hall–Kier alpha value is -4.00. The lowest BCUT2D eigenvalue weighted by Crippen LogP contribution is -2.18.